The molecule has 5 nitrogen and oxygen atoms in total. The number of carbonyl (C=O) groups excluding carboxylic acids is 1. The summed E-state index contributed by atoms with van der Waals surface area (Å²) in [5, 5.41) is 11.9. The summed E-state index contributed by atoms with van der Waals surface area (Å²) in [6.07, 6.45) is 0.235. The van der Waals surface area contributed by atoms with E-state index in [4.69, 9.17) is 4.74 Å². The standard InChI is InChI=1S/C18H19NO4/c1-2-23-15-10-8-14(9-11-15)17(20)19-16(18(21)22)12-13-6-4-3-5-7-13/h3-11,16H,2,12H2,1H3,(H,19,20)(H,21,22)/t16-/m0/s1. The van der Waals surface area contributed by atoms with E-state index >= 15 is 0 Å². The molecule has 0 aliphatic rings. The van der Waals surface area contributed by atoms with Gasteiger partial charge in [0, 0.05) is 12.0 Å². The molecular weight excluding hydrogens is 294 g/mol. The molecule has 0 saturated carbocycles. The third kappa shape index (κ3) is 4.85. The summed E-state index contributed by atoms with van der Waals surface area (Å²) >= 11 is 0. The van der Waals surface area contributed by atoms with Gasteiger partial charge in [-0.05, 0) is 36.8 Å². The summed E-state index contributed by atoms with van der Waals surface area (Å²) in [6.45, 7) is 2.42. The first-order valence-electron chi connectivity index (χ1n) is 7.40. The van der Waals surface area contributed by atoms with Crippen molar-refractivity contribution in [2.24, 2.45) is 0 Å². The number of benzene rings is 2. The van der Waals surface area contributed by atoms with E-state index in [-0.39, 0.29) is 6.42 Å². The number of hydrogen-bond donors (Lipinski definition) is 2. The van der Waals surface area contributed by atoms with Gasteiger partial charge >= 0.3 is 5.97 Å². The van der Waals surface area contributed by atoms with Gasteiger partial charge in [-0.25, -0.2) is 4.79 Å². The summed E-state index contributed by atoms with van der Waals surface area (Å²) in [4.78, 5) is 23.6. The van der Waals surface area contributed by atoms with E-state index in [1.165, 1.54) is 0 Å². The van der Waals surface area contributed by atoms with Crippen LogP contribution in [-0.2, 0) is 11.2 Å². The number of rotatable bonds is 7. The van der Waals surface area contributed by atoms with Crippen LogP contribution in [0, 0.1) is 0 Å². The molecule has 0 saturated heterocycles. The van der Waals surface area contributed by atoms with E-state index in [0.29, 0.717) is 17.9 Å². The van der Waals surface area contributed by atoms with Crippen LogP contribution in [0.4, 0.5) is 0 Å². The molecule has 0 heterocycles. The molecule has 2 rings (SSSR count). The van der Waals surface area contributed by atoms with Gasteiger partial charge in [-0.2, -0.15) is 0 Å². The van der Waals surface area contributed by atoms with Gasteiger partial charge in [-0.1, -0.05) is 30.3 Å². The average Bonchev–Trinajstić information content (AvgIpc) is 2.56. The highest BCUT2D eigenvalue weighted by Crippen LogP contribution is 2.12. The maximum Gasteiger partial charge on any atom is 0.326 e. The second kappa shape index (κ2) is 7.98. The lowest BCUT2D eigenvalue weighted by Gasteiger charge is -2.15. The molecule has 5 heteroatoms. The molecule has 1 atom stereocenters. The Morgan fingerprint density at radius 1 is 1.09 bits per heavy atom. The van der Waals surface area contributed by atoms with Crippen LogP contribution in [0.25, 0.3) is 0 Å². The molecule has 0 aromatic heterocycles. The molecule has 0 fully saturated rings. The number of hydrogen-bond acceptors (Lipinski definition) is 3. The van der Waals surface area contributed by atoms with Crippen molar-refractivity contribution in [3.63, 3.8) is 0 Å². The minimum atomic E-state index is -1.06. The molecule has 2 aromatic rings. The number of carboxylic acids is 1. The van der Waals surface area contributed by atoms with Crippen molar-refractivity contribution in [3.8, 4) is 5.75 Å². The van der Waals surface area contributed by atoms with Crippen molar-refractivity contribution < 1.29 is 19.4 Å². The van der Waals surface area contributed by atoms with Gasteiger partial charge in [-0.15, -0.1) is 0 Å². The molecular formula is C18H19NO4. The monoisotopic (exact) mass is 313 g/mol. The topological polar surface area (TPSA) is 75.6 Å². The molecule has 0 unspecified atom stereocenters. The summed E-state index contributed by atoms with van der Waals surface area (Å²) in [5.41, 5.74) is 1.25. The van der Waals surface area contributed by atoms with Gasteiger partial charge in [0.1, 0.15) is 11.8 Å². The Morgan fingerprint density at radius 2 is 1.74 bits per heavy atom. The maximum atomic E-state index is 12.2. The predicted octanol–water partition coefficient (Wildman–Crippen LogP) is 2.51. The molecule has 0 bridgehead atoms. The number of amides is 1. The normalized spacial score (nSPS) is 11.5. The first-order chi connectivity index (χ1) is 11.1. The van der Waals surface area contributed by atoms with Gasteiger partial charge in [-0.3, -0.25) is 4.79 Å². The van der Waals surface area contributed by atoms with Crippen molar-refractivity contribution >= 4 is 11.9 Å². The fraction of sp³-hybridized carbons (Fsp3) is 0.222. The minimum Gasteiger partial charge on any atom is -0.494 e. The highest BCUT2D eigenvalue weighted by atomic mass is 16.5. The highest BCUT2D eigenvalue weighted by Gasteiger charge is 2.21. The smallest absolute Gasteiger partial charge is 0.326 e. The fourth-order valence-electron chi connectivity index (χ4n) is 2.16. The SMILES string of the molecule is CCOc1ccc(C(=O)N[C@@H](Cc2ccccc2)C(=O)O)cc1. The summed E-state index contributed by atoms with van der Waals surface area (Å²) in [5.74, 6) is -0.812. The quantitative estimate of drug-likeness (QED) is 0.823. The number of aliphatic carboxylic acids is 1. The third-order valence-electron chi connectivity index (χ3n) is 3.31. The lowest BCUT2D eigenvalue weighted by atomic mass is 10.1. The highest BCUT2D eigenvalue weighted by molar-refractivity contribution is 5.96. The minimum absolute atomic E-state index is 0.235. The van der Waals surface area contributed by atoms with Crippen LogP contribution >= 0.6 is 0 Å². The molecule has 2 N–H and O–H groups in total. The van der Waals surface area contributed by atoms with Crippen LogP contribution < -0.4 is 10.1 Å². The van der Waals surface area contributed by atoms with Gasteiger partial charge in [0.15, 0.2) is 0 Å². The largest absolute Gasteiger partial charge is 0.494 e. The molecule has 0 aliphatic heterocycles. The fourth-order valence-corrected chi connectivity index (χ4v) is 2.16. The number of nitrogens with one attached hydrogen (secondary N) is 1. The first-order valence-corrected chi connectivity index (χ1v) is 7.40. The van der Waals surface area contributed by atoms with Crippen molar-refractivity contribution in [3.05, 3.63) is 65.7 Å². The van der Waals surface area contributed by atoms with Crippen molar-refractivity contribution in [1.29, 1.82) is 0 Å². The summed E-state index contributed by atoms with van der Waals surface area (Å²) < 4.78 is 5.31. The number of carboxylic acid groups (broad SMARTS) is 1. The van der Waals surface area contributed by atoms with Gasteiger partial charge < -0.3 is 15.2 Å². The van der Waals surface area contributed by atoms with Gasteiger partial charge in [0.05, 0.1) is 6.61 Å². The average molecular weight is 313 g/mol. The lowest BCUT2D eigenvalue weighted by Crippen LogP contribution is -2.42. The van der Waals surface area contributed by atoms with Gasteiger partial charge in [0.2, 0.25) is 0 Å². The number of carbonyl (C=O) groups is 2. The van der Waals surface area contributed by atoms with Crippen molar-refractivity contribution in [2.75, 3.05) is 6.61 Å². The van der Waals surface area contributed by atoms with E-state index in [2.05, 4.69) is 5.32 Å². The van der Waals surface area contributed by atoms with Gasteiger partial charge in [0.25, 0.3) is 5.91 Å². The molecule has 120 valence electrons. The zero-order chi connectivity index (χ0) is 16.7. The molecule has 2 aromatic carbocycles. The van der Waals surface area contributed by atoms with Crippen LogP contribution in [0.3, 0.4) is 0 Å². The molecule has 0 spiro atoms. The van der Waals surface area contributed by atoms with Crippen LogP contribution in [-0.4, -0.2) is 29.6 Å². The molecule has 0 aliphatic carbocycles. The second-order valence-electron chi connectivity index (χ2n) is 5.01. The molecule has 1 amide bonds. The Morgan fingerprint density at radius 3 is 2.30 bits per heavy atom. The third-order valence-corrected chi connectivity index (χ3v) is 3.31. The van der Waals surface area contributed by atoms with Crippen molar-refractivity contribution in [1.82, 2.24) is 5.32 Å². The van der Waals surface area contributed by atoms with E-state index in [1.54, 1.807) is 24.3 Å². The Hall–Kier alpha value is -2.82. The molecule has 23 heavy (non-hydrogen) atoms. The van der Waals surface area contributed by atoms with Crippen LogP contribution in [0.5, 0.6) is 5.75 Å². The van der Waals surface area contributed by atoms with E-state index < -0.39 is 17.9 Å². The van der Waals surface area contributed by atoms with E-state index in [1.807, 2.05) is 37.3 Å². The molecule has 0 radical (unpaired) electrons. The van der Waals surface area contributed by atoms with Crippen LogP contribution in [0.2, 0.25) is 0 Å². The maximum absolute atomic E-state index is 12.2. The number of ether oxygens (including phenoxy) is 1. The Kier molecular flexibility index (Phi) is 5.74. The lowest BCUT2D eigenvalue weighted by molar-refractivity contribution is -0.139. The second-order valence-corrected chi connectivity index (χ2v) is 5.01. The predicted molar refractivity (Wildman–Crippen MR) is 86.6 cm³/mol. The Balaban J connectivity index is 2.04. The van der Waals surface area contributed by atoms with Crippen molar-refractivity contribution in [2.45, 2.75) is 19.4 Å². The van der Waals surface area contributed by atoms with E-state index in [9.17, 15) is 14.7 Å². The summed E-state index contributed by atoms with van der Waals surface area (Å²) in [7, 11) is 0. The Labute approximate surface area is 134 Å². The zero-order valence-corrected chi connectivity index (χ0v) is 12.9. The van der Waals surface area contributed by atoms with Crippen LogP contribution in [0.15, 0.2) is 54.6 Å². The summed E-state index contributed by atoms with van der Waals surface area (Å²) in [6, 6.07) is 14.8. The zero-order valence-electron chi connectivity index (χ0n) is 12.9. The first kappa shape index (κ1) is 16.5. The Bertz CT molecular complexity index is 652. The van der Waals surface area contributed by atoms with E-state index in [0.717, 1.165) is 5.56 Å². The van der Waals surface area contributed by atoms with Crippen LogP contribution in [0.1, 0.15) is 22.8 Å².